The first kappa shape index (κ1) is 11.9. The molecular weight excluding hydrogens is 249 g/mol. The Morgan fingerprint density at radius 1 is 1.29 bits per heavy atom. The summed E-state index contributed by atoms with van der Waals surface area (Å²) in [5.41, 5.74) is -0.204. The molecule has 0 aliphatic rings. The van der Waals surface area contributed by atoms with Gasteiger partial charge in [-0.3, -0.25) is 0 Å². The van der Waals surface area contributed by atoms with Crippen LogP contribution in [0.15, 0.2) is 23.7 Å². The van der Waals surface area contributed by atoms with Crippen molar-refractivity contribution in [2.45, 2.75) is 13.0 Å². The molecule has 6 heteroatoms. The third kappa shape index (κ3) is 2.58. The third-order valence-corrected chi connectivity index (χ3v) is 3.15. The highest BCUT2D eigenvalue weighted by Gasteiger charge is 2.14. The van der Waals surface area contributed by atoms with Crippen molar-refractivity contribution in [3.05, 3.63) is 46.2 Å². The van der Waals surface area contributed by atoms with E-state index >= 15 is 0 Å². The van der Waals surface area contributed by atoms with Gasteiger partial charge in [-0.25, -0.2) is 18.2 Å². The van der Waals surface area contributed by atoms with Crippen molar-refractivity contribution in [3.63, 3.8) is 0 Å². The highest BCUT2D eigenvalue weighted by Crippen LogP contribution is 2.25. The molecule has 1 aromatic heterocycles. The van der Waals surface area contributed by atoms with Crippen molar-refractivity contribution in [1.29, 1.82) is 0 Å². The van der Waals surface area contributed by atoms with E-state index in [0.29, 0.717) is 11.1 Å². The van der Waals surface area contributed by atoms with Crippen molar-refractivity contribution in [3.8, 4) is 0 Å². The summed E-state index contributed by atoms with van der Waals surface area (Å²) in [6, 6.07) is 1.11. The molecule has 0 amide bonds. The number of anilines is 1. The molecule has 2 nitrogen and oxygen atoms in total. The molecule has 1 heterocycles. The highest BCUT2D eigenvalue weighted by molar-refractivity contribution is 7.09. The van der Waals surface area contributed by atoms with Crippen molar-refractivity contribution >= 4 is 17.0 Å². The molecule has 17 heavy (non-hydrogen) atoms. The van der Waals surface area contributed by atoms with Crippen LogP contribution in [-0.4, -0.2) is 4.98 Å². The lowest BCUT2D eigenvalue weighted by Crippen LogP contribution is -2.08. The van der Waals surface area contributed by atoms with Gasteiger partial charge in [-0.05, 0) is 6.92 Å². The molecule has 2 rings (SSSR count). The van der Waals surface area contributed by atoms with Crippen LogP contribution in [0.25, 0.3) is 0 Å². The Bertz CT molecular complexity index is 514. The molecule has 1 atom stereocenters. The normalized spacial score (nSPS) is 12.5. The van der Waals surface area contributed by atoms with Gasteiger partial charge in [0.25, 0.3) is 0 Å². The summed E-state index contributed by atoms with van der Waals surface area (Å²) in [5, 5.41) is 5.18. The second-order valence-electron chi connectivity index (χ2n) is 3.49. The van der Waals surface area contributed by atoms with E-state index in [1.54, 1.807) is 18.5 Å². The summed E-state index contributed by atoms with van der Waals surface area (Å²) in [6.07, 6.45) is 1.61. The second kappa shape index (κ2) is 4.75. The van der Waals surface area contributed by atoms with Gasteiger partial charge in [0, 0.05) is 23.7 Å². The Morgan fingerprint density at radius 2 is 2.06 bits per heavy atom. The maximum Gasteiger partial charge on any atom is 0.182 e. The van der Waals surface area contributed by atoms with Crippen LogP contribution in [0.4, 0.5) is 18.9 Å². The van der Waals surface area contributed by atoms with Gasteiger partial charge in [0.05, 0.1) is 11.7 Å². The number of aromatic nitrogens is 1. The fourth-order valence-electron chi connectivity index (χ4n) is 1.40. The van der Waals surface area contributed by atoms with Crippen LogP contribution in [-0.2, 0) is 0 Å². The lowest BCUT2D eigenvalue weighted by Gasteiger charge is -2.13. The molecule has 0 aliphatic carbocycles. The highest BCUT2D eigenvalue weighted by atomic mass is 32.1. The van der Waals surface area contributed by atoms with Crippen molar-refractivity contribution in [1.82, 2.24) is 4.98 Å². The van der Waals surface area contributed by atoms with Crippen LogP contribution >= 0.6 is 11.3 Å². The van der Waals surface area contributed by atoms with Crippen LogP contribution in [0.2, 0.25) is 0 Å². The van der Waals surface area contributed by atoms with E-state index in [0.717, 1.165) is 6.07 Å². The smallest absolute Gasteiger partial charge is 0.182 e. The van der Waals surface area contributed by atoms with Crippen molar-refractivity contribution < 1.29 is 13.2 Å². The molecule has 0 aliphatic heterocycles. The number of rotatable bonds is 3. The van der Waals surface area contributed by atoms with Crippen LogP contribution in [0, 0.1) is 17.5 Å². The van der Waals surface area contributed by atoms with Crippen molar-refractivity contribution in [2.75, 3.05) is 5.32 Å². The molecular formula is C11H9F3N2S. The van der Waals surface area contributed by atoms with Crippen LogP contribution in [0.5, 0.6) is 0 Å². The number of hydrogen-bond donors (Lipinski definition) is 1. The zero-order valence-electron chi connectivity index (χ0n) is 8.88. The summed E-state index contributed by atoms with van der Waals surface area (Å²) in [7, 11) is 0. The first-order valence-corrected chi connectivity index (χ1v) is 5.76. The predicted octanol–water partition coefficient (Wildman–Crippen LogP) is 3.73. The SMILES string of the molecule is CC(Nc1cc(F)cc(F)c1F)c1nccs1. The van der Waals surface area contributed by atoms with Gasteiger partial charge in [-0.15, -0.1) is 11.3 Å². The van der Waals surface area contributed by atoms with E-state index in [9.17, 15) is 13.2 Å². The van der Waals surface area contributed by atoms with Gasteiger partial charge in [0.1, 0.15) is 10.8 Å². The molecule has 0 spiro atoms. The summed E-state index contributed by atoms with van der Waals surface area (Å²) in [6.45, 7) is 1.74. The molecule has 1 N–H and O–H groups in total. The van der Waals surface area contributed by atoms with E-state index in [-0.39, 0.29) is 11.7 Å². The fraction of sp³-hybridized carbons (Fsp3) is 0.182. The summed E-state index contributed by atoms with van der Waals surface area (Å²) < 4.78 is 39.3. The second-order valence-corrected chi connectivity index (χ2v) is 4.41. The monoisotopic (exact) mass is 258 g/mol. The quantitative estimate of drug-likeness (QED) is 0.848. The van der Waals surface area contributed by atoms with E-state index in [2.05, 4.69) is 10.3 Å². The largest absolute Gasteiger partial charge is 0.374 e. The summed E-state index contributed by atoms with van der Waals surface area (Å²) >= 11 is 1.38. The van der Waals surface area contributed by atoms with E-state index < -0.39 is 17.5 Å². The minimum atomic E-state index is -1.21. The molecule has 1 unspecified atom stereocenters. The van der Waals surface area contributed by atoms with Gasteiger partial charge in [0.2, 0.25) is 0 Å². The van der Waals surface area contributed by atoms with Gasteiger partial charge in [-0.1, -0.05) is 0 Å². The van der Waals surface area contributed by atoms with Crippen LogP contribution in [0.3, 0.4) is 0 Å². The lowest BCUT2D eigenvalue weighted by atomic mass is 10.2. The molecule has 90 valence electrons. The molecule has 2 aromatic rings. The molecule has 0 saturated heterocycles. The maximum atomic E-state index is 13.4. The molecule has 0 bridgehead atoms. The molecule has 1 aromatic carbocycles. The molecule has 0 radical (unpaired) electrons. The lowest BCUT2D eigenvalue weighted by molar-refractivity contribution is 0.496. The number of nitrogens with zero attached hydrogens (tertiary/aromatic N) is 1. The number of thiazole rings is 1. The third-order valence-electron chi connectivity index (χ3n) is 2.19. The minimum Gasteiger partial charge on any atom is -0.374 e. The Hall–Kier alpha value is -1.56. The van der Waals surface area contributed by atoms with Gasteiger partial charge >= 0.3 is 0 Å². The minimum absolute atomic E-state index is 0.204. The van der Waals surface area contributed by atoms with Crippen LogP contribution in [0.1, 0.15) is 18.0 Å². The van der Waals surface area contributed by atoms with E-state index in [1.807, 2.05) is 0 Å². The predicted molar refractivity (Wildman–Crippen MR) is 60.5 cm³/mol. The Balaban J connectivity index is 2.24. The zero-order chi connectivity index (χ0) is 12.4. The first-order valence-electron chi connectivity index (χ1n) is 4.88. The van der Waals surface area contributed by atoms with E-state index in [4.69, 9.17) is 0 Å². The first-order chi connectivity index (χ1) is 8.08. The van der Waals surface area contributed by atoms with Crippen LogP contribution < -0.4 is 5.32 Å². The summed E-state index contributed by atoms with van der Waals surface area (Å²) in [4.78, 5) is 4.03. The summed E-state index contributed by atoms with van der Waals surface area (Å²) in [5.74, 6) is -3.12. The Labute approximate surface area is 100 Å². The molecule has 0 fully saturated rings. The number of nitrogens with one attached hydrogen (secondary N) is 1. The van der Waals surface area contributed by atoms with Gasteiger partial charge < -0.3 is 5.32 Å². The topological polar surface area (TPSA) is 24.9 Å². The standard InChI is InChI=1S/C11H9F3N2S/c1-6(11-15-2-3-17-11)16-9-5-7(12)4-8(13)10(9)14/h2-6,16H,1H3. The fourth-order valence-corrected chi connectivity index (χ4v) is 2.05. The molecule has 0 saturated carbocycles. The number of halogens is 3. The van der Waals surface area contributed by atoms with Crippen molar-refractivity contribution in [2.24, 2.45) is 0 Å². The Morgan fingerprint density at radius 3 is 2.71 bits per heavy atom. The maximum absolute atomic E-state index is 13.4. The number of hydrogen-bond acceptors (Lipinski definition) is 3. The average molecular weight is 258 g/mol. The van der Waals surface area contributed by atoms with Gasteiger partial charge in [0.15, 0.2) is 11.6 Å². The average Bonchev–Trinajstić information content (AvgIpc) is 2.78. The van der Waals surface area contributed by atoms with E-state index in [1.165, 1.54) is 11.3 Å². The van der Waals surface area contributed by atoms with Gasteiger partial charge in [-0.2, -0.15) is 0 Å². The Kier molecular flexibility index (Phi) is 3.33. The number of benzene rings is 1. The zero-order valence-corrected chi connectivity index (χ0v) is 9.69.